The lowest BCUT2D eigenvalue weighted by atomic mass is 10.1. The fourth-order valence-corrected chi connectivity index (χ4v) is 2.17. The molecule has 1 saturated heterocycles. The second-order valence-electron chi connectivity index (χ2n) is 4.50. The number of nitriles is 1. The molecule has 21 heavy (non-hydrogen) atoms. The molecule has 9 heteroatoms. The largest absolute Gasteiger partial charge is 0.394 e. The van der Waals surface area contributed by atoms with Crippen molar-refractivity contribution >= 4 is 0 Å². The van der Waals surface area contributed by atoms with E-state index >= 15 is 0 Å². The Labute approximate surface area is 119 Å². The Bertz CT molecular complexity index is 633. The molecule has 0 aromatic carbocycles. The van der Waals surface area contributed by atoms with Gasteiger partial charge in [0.1, 0.15) is 18.3 Å². The molecule has 1 aromatic heterocycles. The quantitative estimate of drug-likeness (QED) is 0.539. The first-order valence-corrected chi connectivity index (χ1v) is 6.33. The SMILES string of the molecule is N#CCCO[C@H]1[C@@H](O)[C@H](n2ccc(=O)[nH]c2=O)O[C@@H]1CO. The van der Waals surface area contributed by atoms with Crippen LogP contribution in [0.2, 0.25) is 0 Å². The Morgan fingerprint density at radius 2 is 2.29 bits per heavy atom. The molecule has 0 radical (unpaired) electrons. The minimum absolute atomic E-state index is 0.0747. The summed E-state index contributed by atoms with van der Waals surface area (Å²) in [5.74, 6) is 0. The van der Waals surface area contributed by atoms with Gasteiger partial charge in [0.05, 0.1) is 25.7 Å². The number of H-pyrrole nitrogens is 1. The third-order valence-electron chi connectivity index (χ3n) is 3.14. The predicted octanol–water partition coefficient (Wildman–Crippen LogP) is -1.91. The Morgan fingerprint density at radius 1 is 1.52 bits per heavy atom. The standard InChI is InChI=1S/C12H15N3O6/c13-3-1-5-20-10-7(6-16)21-11(9(10)18)15-4-2-8(17)14-12(15)19/h2,4,7,9-11,16,18H,1,5-6H2,(H,14,17,19)/t7-,9-,10-,11-/m1/s1. The highest BCUT2D eigenvalue weighted by Gasteiger charge is 2.45. The maximum atomic E-state index is 11.7. The lowest BCUT2D eigenvalue weighted by Gasteiger charge is -2.19. The number of nitrogens with zero attached hydrogens (tertiary/aromatic N) is 2. The van der Waals surface area contributed by atoms with Crippen LogP contribution in [0.25, 0.3) is 0 Å². The van der Waals surface area contributed by atoms with Crippen molar-refractivity contribution in [2.45, 2.75) is 31.0 Å². The second-order valence-corrected chi connectivity index (χ2v) is 4.50. The summed E-state index contributed by atoms with van der Waals surface area (Å²) in [5, 5.41) is 27.9. The van der Waals surface area contributed by atoms with Crippen molar-refractivity contribution in [3.8, 4) is 6.07 Å². The third-order valence-corrected chi connectivity index (χ3v) is 3.14. The van der Waals surface area contributed by atoms with Gasteiger partial charge in [0.25, 0.3) is 5.56 Å². The molecule has 2 rings (SSSR count). The van der Waals surface area contributed by atoms with Gasteiger partial charge in [0.15, 0.2) is 6.23 Å². The van der Waals surface area contributed by atoms with Crippen molar-refractivity contribution in [3.63, 3.8) is 0 Å². The number of aromatic amines is 1. The van der Waals surface area contributed by atoms with E-state index in [0.29, 0.717) is 0 Å². The third kappa shape index (κ3) is 3.20. The van der Waals surface area contributed by atoms with Crippen LogP contribution in [-0.4, -0.2) is 51.3 Å². The molecular weight excluding hydrogens is 282 g/mol. The van der Waals surface area contributed by atoms with E-state index in [2.05, 4.69) is 4.98 Å². The highest BCUT2D eigenvalue weighted by molar-refractivity contribution is 4.94. The molecule has 3 N–H and O–H groups in total. The summed E-state index contributed by atoms with van der Waals surface area (Å²) in [6.07, 6.45) is -2.68. The van der Waals surface area contributed by atoms with Crippen molar-refractivity contribution in [3.05, 3.63) is 33.1 Å². The van der Waals surface area contributed by atoms with Gasteiger partial charge in [0, 0.05) is 12.3 Å². The molecule has 1 aliphatic heterocycles. The van der Waals surface area contributed by atoms with Crippen molar-refractivity contribution in [1.82, 2.24) is 9.55 Å². The van der Waals surface area contributed by atoms with Crippen LogP contribution in [0.1, 0.15) is 12.6 Å². The first-order chi connectivity index (χ1) is 10.1. The van der Waals surface area contributed by atoms with Gasteiger partial charge in [-0.1, -0.05) is 0 Å². The average Bonchev–Trinajstić information content (AvgIpc) is 2.76. The summed E-state index contributed by atoms with van der Waals surface area (Å²) in [6, 6.07) is 3.01. The zero-order chi connectivity index (χ0) is 15.4. The van der Waals surface area contributed by atoms with Crippen molar-refractivity contribution in [2.75, 3.05) is 13.2 Å². The second kappa shape index (κ2) is 6.64. The van der Waals surface area contributed by atoms with Crippen LogP contribution in [0.5, 0.6) is 0 Å². The van der Waals surface area contributed by atoms with E-state index in [4.69, 9.17) is 14.7 Å². The molecule has 0 amide bonds. The van der Waals surface area contributed by atoms with Crippen molar-refractivity contribution < 1.29 is 19.7 Å². The molecule has 0 saturated carbocycles. The number of aliphatic hydroxyl groups is 2. The lowest BCUT2D eigenvalue weighted by Crippen LogP contribution is -2.39. The van der Waals surface area contributed by atoms with E-state index in [1.165, 1.54) is 6.20 Å². The van der Waals surface area contributed by atoms with Crippen LogP contribution in [0.3, 0.4) is 0 Å². The lowest BCUT2D eigenvalue weighted by molar-refractivity contribution is -0.0615. The van der Waals surface area contributed by atoms with Gasteiger partial charge in [0.2, 0.25) is 0 Å². The Balaban J connectivity index is 2.20. The minimum atomic E-state index is -1.22. The van der Waals surface area contributed by atoms with Crippen LogP contribution in [0, 0.1) is 11.3 Å². The van der Waals surface area contributed by atoms with Crippen molar-refractivity contribution in [2.24, 2.45) is 0 Å². The highest BCUT2D eigenvalue weighted by atomic mass is 16.6. The maximum absolute atomic E-state index is 11.7. The first kappa shape index (κ1) is 15.4. The molecule has 1 aromatic rings. The summed E-state index contributed by atoms with van der Waals surface area (Å²) in [7, 11) is 0. The summed E-state index contributed by atoms with van der Waals surface area (Å²) >= 11 is 0. The Kier molecular flexibility index (Phi) is 4.87. The van der Waals surface area contributed by atoms with Crippen LogP contribution >= 0.6 is 0 Å². The Hall–Kier alpha value is -1.99. The number of aliphatic hydroxyl groups excluding tert-OH is 2. The van der Waals surface area contributed by atoms with E-state index in [-0.39, 0.29) is 13.0 Å². The fraction of sp³-hybridized carbons (Fsp3) is 0.583. The fourth-order valence-electron chi connectivity index (χ4n) is 2.17. The number of hydrogen-bond acceptors (Lipinski definition) is 7. The number of hydrogen-bond donors (Lipinski definition) is 3. The number of ether oxygens (including phenoxy) is 2. The Morgan fingerprint density at radius 3 is 2.90 bits per heavy atom. The molecule has 2 heterocycles. The molecule has 4 atom stereocenters. The number of aromatic nitrogens is 2. The van der Waals surface area contributed by atoms with E-state index in [1.54, 1.807) is 0 Å². The zero-order valence-electron chi connectivity index (χ0n) is 11.0. The normalized spacial score (nSPS) is 28.4. The van der Waals surface area contributed by atoms with Crippen LogP contribution < -0.4 is 11.2 Å². The molecule has 9 nitrogen and oxygen atoms in total. The van der Waals surface area contributed by atoms with E-state index in [9.17, 15) is 19.8 Å². The van der Waals surface area contributed by atoms with E-state index in [1.807, 2.05) is 6.07 Å². The number of nitrogens with one attached hydrogen (secondary N) is 1. The van der Waals surface area contributed by atoms with E-state index in [0.717, 1.165) is 10.6 Å². The summed E-state index contributed by atoms with van der Waals surface area (Å²) in [4.78, 5) is 24.8. The van der Waals surface area contributed by atoms with Gasteiger partial charge in [-0.15, -0.1) is 0 Å². The summed E-state index contributed by atoms with van der Waals surface area (Å²) in [5.41, 5.74) is -1.30. The summed E-state index contributed by atoms with van der Waals surface area (Å²) in [6.45, 7) is -0.339. The zero-order valence-corrected chi connectivity index (χ0v) is 11.0. The predicted molar refractivity (Wildman–Crippen MR) is 68.3 cm³/mol. The first-order valence-electron chi connectivity index (χ1n) is 6.33. The van der Waals surface area contributed by atoms with Gasteiger partial charge in [-0.3, -0.25) is 14.3 Å². The van der Waals surface area contributed by atoms with Crippen molar-refractivity contribution in [1.29, 1.82) is 5.26 Å². The molecule has 114 valence electrons. The molecule has 0 spiro atoms. The maximum Gasteiger partial charge on any atom is 0.330 e. The molecule has 0 bridgehead atoms. The molecule has 0 unspecified atom stereocenters. The molecule has 1 fully saturated rings. The van der Waals surface area contributed by atoms with Crippen LogP contribution in [-0.2, 0) is 9.47 Å². The topological polar surface area (TPSA) is 138 Å². The minimum Gasteiger partial charge on any atom is -0.394 e. The van der Waals surface area contributed by atoms with Gasteiger partial charge in [-0.05, 0) is 0 Å². The van der Waals surface area contributed by atoms with Gasteiger partial charge in [-0.25, -0.2) is 4.79 Å². The highest BCUT2D eigenvalue weighted by Crippen LogP contribution is 2.30. The summed E-state index contributed by atoms with van der Waals surface area (Å²) < 4.78 is 11.8. The molecule has 1 aliphatic rings. The molecule has 0 aliphatic carbocycles. The molecular formula is C12H15N3O6. The van der Waals surface area contributed by atoms with Gasteiger partial charge in [-0.2, -0.15) is 5.26 Å². The smallest absolute Gasteiger partial charge is 0.330 e. The van der Waals surface area contributed by atoms with Crippen LogP contribution in [0.4, 0.5) is 0 Å². The average molecular weight is 297 g/mol. The van der Waals surface area contributed by atoms with Gasteiger partial charge >= 0.3 is 5.69 Å². The van der Waals surface area contributed by atoms with Gasteiger partial charge < -0.3 is 19.7 Å². The van der Waals surface area contributed by atoms with Crippen LogP contribution in [0.15, 0.2) is 21.9 Å². The monoisotopic (exact) mass is 297 g/mol. The number of rotatable bonds is 5. The van der Waals surface area contributed by atoms with E-state index < -0.39 is 42.4 Å².